The number of sulfonamides is 1. The Morgan fingerprint density at radius 3 is 2.42 bits per heavy atom. The number of aryl methyl sites for hydroxylation is 1. The zero-order chi connectivity index (χ0) is 17.5. The van der Waals surface area contributed by atoms with Gasteiger partial charge in [-0.05, 0) is 31.7 Å². The van der Waals surface area contributed by atoms with Gasteiger partial charge in [-0.3, -0.25) is 4.79 Å². The normalized spacial score (nSPS) is 22.2. The molecule has 1 amide bonds. The zero-order valence-electron chi connectivity index (χ0n) is 13.5. The highest BCUT2D eigenvalue weighted by atomic mass is 32.2. The maximum absolute atomic E-state index is 12.9. The monoisotopic (exact) mass is 355 g/mol. The topological polar surface area (TPSA) is 99.9 Å². The number of carbonyl (C=O) groups is 2. The molecule has 1 N–H and O–H groups in total. The maximum Gasteiger partial charge on any atom is 0.352 e. The summed E-state index contributed by atoms with van der Waals surface area (Å²) in [5.41, 5.74) is -0.102. The number of carboxylic acid groups (broad SMARTS) is 1. The van der Waals surface area contributed by atoms with Crippen LogP contribution in [0.25, 0.3) is 0 Å². The number of carbonyl (C=O) groups excluding carboxylic acids is 1. The number of rotatable bonds is 4. The van der Waals surface area contributed by atoms with E-state index in [1.807, 2.05) is 0 Å². The first kappa shape index (κ1) is 17.0. The Labute approximate surface area is 140 Å². The second-order valence-electron chi connectivity index (χ2n) is 6.28. The third-order valence-electron chi connectivity index (χ3n) is 4.71. The van der Waals surface area contributed by atoms with Crippen molar-refractivity contribution in [2.24, 2.45) is 7.05 Å². The van der Waals surface area contributed by atoms with Gasteiger partial charge in [-0.1, -0.05) is 0 Å². The number of carboxylic acids is 1. The summed E-state index contributed by atoms with van der Waals surface area (Å²) in [5.74, 6) is -1.33. The van der Waals surface area contributed by atoms with E-state index >= 15 is 0 Å². The number of likely N-dealkylation sites (tertiary alicyclic amines) is 1. The SMILES string of the molecule is Cn1cc(S(=O)(=O)N2CCC[C@@H]2C(=O)N2CCCC2)cc1C(=O)O. The van der Waals surface area contributed by atoms with Gasteiger partial charge in [-0.2, -0.15) is 4.31 Å². The number of aromatic carboxylic acids is 1. The molecule has 1 atom stereocenters. The van der Waals surface area contributed by atoms with E-state index < -0.39 is 22.0 Å². The Bertz CT molecular complexity index is 764. The molecule has 3 heterocycles. The van der Waals surface area contributed by atoms with Gasteiger partial charge in [0.15, 0.2) is 0 Å². The molecule has 0 unspecified atom stereocenters. The highest BCUT2D eigenvalue weighted by Gasteiger charge is 2.42. The summed E-state index contributed by atoms with van der Waals surface area (Å²) in [4.78, 5) is 25.4. The molecule has 0 spiro atoms. The predicted molar refractivity (Wildman–Crippen MR) is 85.1 cm³/mol. The minimum atomic E-state index is -3.90. The van der Waals surface area contributed by atoms with Gasteiger partial charge < -0.3 is 14.6 Å². The van der Waals surface area contributed by atoms with E-state index in [1.165, 1.54) is 22.1 Å². The zero-order valence-corrected chi connectivity index (χ0v) is 14.3. The van der Waals surface area contributed by atoms with E-state index in [9.17, 15) is 18.0 Å². The number of nitrogens with zero attached hydrogens (tertiary/aromatic N) is 3. The molecule has 24 heavy (non-hydrogen) atoms. The van der Waals surface area contributed by atoms with Crippen molar-refractivity contribution in [1.82, 2.24) is 13.8 Å². The van der Waals surface area contributed by atoms with Gasteiger partial charge in [0, 0.05) is 32.9 Å². The van der Waals surface area contributed by atoms with Crippen molar-refractivity contribution in [2.75, 3.05) is 19.6 Å². The van der Waals surface area contributed by atoms with E-state index in [2.05, 4.69) is 0 Å². The molecule has 2 fully saturated rings. The number of hydrogen-bond donors (Lipinski definition) is 1. The van der Waals surface area contributed by atoms with Crippen molar-refractivity contribution in [1.29, 1.82) is 0 Å². The van der Waals surface area contributed by atoms with Crippen LogP contribution in [0.1, 0.15) is 36.2 Å². The predicted octanol–water partition coefficient (Wildman–Crippen LogP) is 0.499. The Morgan fingerprint density at radius 1 is 1.17 bits per heavy atom. The quantitative estimate of drug-likeness (QED) is 0.848. The fraction of sp³-hybridized carbons (Fsp3) is 0.600. The molecule has 132 valence electrons. The lowest BCUT2D eigenvalue weighted by Gasteiger charge is -2.26. The van der Waals surface area contributed by atoms with Crippen molar-refractivity contribution < 1.29 is 23.1 Å². The Balaban J connectivity index is 1.89. The van der Waals surface area contributed by atoms with Crippen LogP contribution in [0.2, 0.25) is 0 Å². The van der Waals surface area contributed by atoms with Crippen LogP contribution in [-0.4, -0.2) is 64.8 Å². The Kier molecular flexibility index (Phi) is 4.39. The van der Waals surface area contributed by atoms with Gasteiger partial charge in [-0.25, -0.2) is 13.2 Å². The summed E-state index contributed by atoms with van der Waals surface area (Å²) in [6.07, 6.45) is 4.32. The van der Waals surface area contributed by atoms with Crippen LogP contribution >= 0.6 is 0 Å². The van der Waals surface area contributed by atoms with Gasteiger partial charge >= 0.3 is 5.97 Å². The Hall–Kier alpha value is -1.87. The third-order valence-corrected chi connectivity index (χ3v) is 6.59. The highest BCUT2D eigenvalue weighted by Crippen LogP contribution is 2.29. The van der Waals surface area contributed by atoms with Crippen LogP contribution in [0.15, 0.2) is 17.2 Å². The summed E-state index contributed by atoms with van der Waals surface area (Å²) in [6, 6.07) is 0.467. The molecule has 1 aromatic heterocycles. The standard InChI is InChI=1S/C15H21N3O5S/c1-16-10-11(9-13(16)15(20)21)24(22,23)18-8-4-5-12(18)14(19)17-6-2-3-7-17/h9-10,12H,2-8H2,1H3,(H,20,21)/t12-/m1/s1. The largest absolute Gasteiger partial charge is 0.477 e. The lowest BCUT2D eigenvalue weighted by molar-refractivity contribution is -0.133. The molecule has 0 radical (unpaired) electrons. The fourth-order valence-electron chi connectivity index (χ4n) is 3.45. The first-order valence-electron chi connectivity index (χ1n) is 8.02. The second kappa shape index (κ2) is 6.21. The van der Waals surface area contributed by atoms with Crippen molar-refractivity contribution >= 4 is 21.9 Å². The first-order chi connectivity index (χ1) is 11.3. The minimum Gasteiger partial charge on any atom is -0.477 e. The minimum absolute atomic E-state index is 0.0801. The third kappa shape index (κ3) is 2.82. The summed E-state index contributed by atoms with van der Waals surface area (Å²) < 4.78 is 28.3. The molecule has 0 saturated carbocycles. The molecule has 2 saturated heterocycles. The molecule has 0 aliphatic carbocycles. The van der Waals surface area contributed by atoms with Gasteiger partial charge in [0.1, 0.15) is 16.6 Å². The highest BCUT2D eigenvalue weighted by molar-refractivity contribution is 7.89. The van der Waals surface area contributed by atoms with E-state index in [1.54, 1.807) is 4.90 Å². The average Bonchev–Trinajstić information content (AvgIpc) is 3.26. The van der Waals surface area contributed by atoms with E-state index in [-0.39, 0.29) is 23.0 Å². The van der Waals surface area contributed by atoms with Gasteiger partial charge in [-0.15, -0.1) is 0 Å². The summed E-state index contributed by atoms with van der Waals surface area (Å²) in [5, 5.41) is 9.10. The van der Waals surface area contributed by atoms with Crippen molar-refractivity contribution in [3.05, 3.63) is 18.0 Å². The molecule has 8 nitrogen and oxygen atoms in total. The molecule has 0 bridgehead atoms. The second-order valence-corrected chi connectivity index (χ2v) is 8.17. The summed E-state index contributed by atoms with van der Waals surface area (Å²) in [7, 11) is -2.41. The average molecular weight is 355 g/mol. The lowest BCUT2D eigenvalue weighted by atomic mass is 10.2. The molecule has 9 heteroatoms. The fourth-order valence-corrected chi connectivity index (χ4v) is 5.17. The molecule has 3 rings (SSSR count). The number of amides is 1. The van der Waals surface area contributed by atoms with Crippen LogP contribution in [0, 0.1) is 0 Å². The van der Waals surface area contributed by atoms with Gasteiger partial charge in [0.25, 0.3) is 0 Å². The number of hydrogen-bond acceptors (Lipinski definition) is 4. The van der Waals surface area contributed by atoms with E-state index in [0.717, 1.165) is 18.9 Å². The van der Waals surface area contributed by atoms with E-state index in [4.69, 9.17) is 5.11 Å². The van der Waals surface area contributed by atoms with Crippen molar-refractivity contribution in [2.45, 2.75) is 36.6 Å². The summed E-state index contributed by atoms with van der Waals surface area (Å²) >= 11 is 0. The lowest BCUT2D eigenvalue weighted by Crippen LogP contribution is -2.46. The molecule has 1 aromatic rings. The maximum atomic E-state index is 12.9. The molecular formula is C15H21N3O5S. The molecule has 2 aliphatic heterocycles. The van der Waals surface area contributed by atoms with Gasteiger partial charge in [0.05, 0.1) is 0 Å². The van der Waals surface area contributed by atoms with Crippen LogP contribution in [0.4, 0.5) is 0 Å². The van der Waals surface area contributed by atoms with Crippen LogP contribution in [0.5, 0.6) is 0 Å². The van der Waals surface area contributed by atoms with Gasteiger partial charge in [0.2, 0.25) is 15.9 Å². The molecule has 0 aromatic carbocycles. The Morgan fingerprint density at radius 2 is 1.83 bits per heavy atom. The van der Waals surface area contributed by atoms with E-state index in [0.29, 0.717) is 25.9 Å². The van der Waals surface area contributed by atoms with Crippen LogP contribution in [0.3, 0.4) is 0 Å². The van der Waals surface area contributed by atoms with Crippen molar-refractivity contribution in [3.63, 3.8) is 0 Å². The van der Waals surface area contributed by atoms with Crippen LogP contribution in [-0.2, 0) is 21.9 Å². The smallest absolute Gasteiger partial charge is 0.352 e. The van der Waals surface area contributed by atoms with Crippen molar-refractivity contribution in [3.8, 4) is 0 Å². The van der Waals surface area contributed by atoms with Crippen LogP contribution < -0.4 is 0 Å². The summed E-state index contributed by atoms with van der Waals surface area (Å²) in [6.45, 7) is 1.64. The number of aromatic nitrogens is 1. The molecule has 2 aliphatic rings. The molecular weight excluding hydrogens is 334 g/mol. The first-order valence-corrected chi connectivity index (χ1v) is 9.46.